The predicted octanol–water partition coefficient (Wildman–Crippen LogP) is 2.04. The number of rotatable bonds is 6. The van der Waals surface area contributed by atoms with E-state index in [1.54, 1.807) is 12.1 Å². The standard InChI is InChI=1S/C16H23FN2O3S/c1-23(21,22)19(11-13-7-5-6-10-15(13)17)12-16(20)18-14-8-3-2-4-9-14/h5-7,10,14H,2-4,8-9,11-12H2,1H3,(H,18,20). The molecule has 0 heterocycles. The highest BCUT2D eigenvalue weighted by molar-refractivity contribution is 7.88. The minimum absolute atomic E-state index is 0.117. The van der Waals surface area contributed by atoms with Gasteiger partial charge in [0.25, 0.3) is 0 Å². The Morgan fingerprint density at radius 2 is 1.91 bits per heavy atom. The first-order valence-corrected chi connectivity index (χ1v) is 9.69. The van der Waals surface area contributed by atoms with Crippen LogP contribution in [0, 0.1) is 5.82 Å². The summed E-state index contributed by atoms with van der Waals surface area (Å²) in [5.74, 6) is -0.812. The van der Waals surface area contributed by atoms with E-state index in [2.05, 4.69) is 5.32 Å². The molecule has 2 rings (SSSR count). The van der Waals surface area contributed by atoms with Crippen LogP contribution in [0.3, 0.4) is 0 Å². The van der Waals surface area contributed by atoms with Gasteiger partial charge in [-0.05, 0) is 18.9 Å². The van der Waals surface area contributed by atoms with E-state index >= 15 is 0 Å². The number of amides is 1. The summed E-state index contributed by atoms with van der Waals surface area (Å²) < 4.78 is 38.5. The summed E-state index contributed by atoms with van der Waals surface area (Å²) in [6.07, 6.45) is 6.22. The van der Waals surface area contributed by atoms with Crippen LogP contribution in [0.15, 0.2) is 24.3 Å². The fourth-order valence-corrected chi connectivity index (χ4v) is 3.51. The zero-order chi connectivity index (χ0) is 16.9. The van der Waals surface area contributed by atoms with E-state index in [1.165, 1.54) is 18.6 Å². The van der Waals surface area contributed by atoms with Crippen LogP contribution in [0.1, 0.15) is 37.7 Å². The molecule has 0 atom stereocenters. The summed E-state index contributed by atoms with van der Waals surface area (Å²) in [6.45, 7) is -0.437. The first kappa shape index (κ1) is 17.9. The average molecular weight is 342 g/mol. The molecule has 1 N–H and O–H groups in total. The summed E-state index contributed by atoms with van der Waals surface area (Å²) in [5, 5.41) is 2.88. The summed E-state index contributed by atoms with van der Waals surface area (Å²) in [4.78, 5) is 12.1. The Balaban J connectivity index is 2.01. The van der Waals surface area contributed by atoms with Gasteiger partial charge in [-0.25, -0.2) is 12.8 Å². The number of carbonyl (C=O) groups excluding carboxylic acids is 1. The van der Waals surface area contributed by atoms with Crippen LogP contribution in [-0.2, 0) is 21.4 Å². The van der Waals surface area contributed by atoms with E-state index in [4.69, 9.17) is 0 Å². The van der Waals surface area contributed by atoms with Crippen molar-refractivity contribution in [2.45, 2.75) is 44.7 Å². The van der Waals surface area contributed by atoms with Gasteiger partial charge in [-0.1, -0.05) is 37.5 Å². The van der Waals surface area contributed by atoms with E-state index in [0.717, 1.165) is 36.2 Å². The molecule has 0 saturated heterocycles. The van der Waals surface area contributed by atoms with Crippen molar-refractivity contribution >= 4 is 15.9 Å². The number of sulfonamides is 1. The first-order chi connectivity index (χ1) is 10.9. The Hall–Kier alpha value is -1.47. The van der Waals surface area contributed by atoms with Crippen LogP contribution in [0.4, 0.5) is 4.39 Å². The second-order valence-electron chi connectivity index (χ2n) is 6.02. The van der Waals surface area contributed by atoms with Crippen molar-refractivity contribution in [2.75, 3.05) is 12.8 Å². The van der Waals surface area contributed by atoms with Crippen LogP contribution < -0.4 is 5.32 Å². The second kappa shape index (κ2) is 7.88. The lowest BCUT2D eigenvalue weighted by Crippen LogP contribution is -2.44. The van der Waals surface area contributed by atoms with E-state index in [-0.39, 0.29) is 30.6 Å². The van der Waals surface area contributed by atoms with E-state index in [0.29, 0.717) is 0 Å². The summed E-state index contributed by atoms with van der Waals surface area (Å²) in [7, 11) is -3.61. The lowest BCUT2D eigenvalue weighted by atomic mass is 9.95. The van der Waals surface area contributed by atoms with Crippen LogP contribution in [0.2, 0.25) is 0 Å². The highest BCUT2D eigenvalue weighted by Crippen LogP contribution is 2.17. The predicted molar refractivity (Wildman–Crippen MR) is 86.7 cm³/mol. The minimum Gasteiger partial charge on any atom is -0.352 e. The van der Waals surface area contributed by atoms with Gasteiger partial charge in [0.05, 0.1) is 12.8 Å². The molecule has 0 aromatic heterocycles. The molecule has 0 spiro atoms. The van der Waals surface area contributed by atoms with Gasteiger partial charge >= 0.3 is 0 Å². The topological polar surface area (TPSA) is 66.5 Å². The number of benzene rings is 1. The Labute approximate surface area is 136 Å². The summed E-state index contributed by atoms with van der Waals surface area (Å²) >= 11 is 0. The van der Waals surface area contributed by atoms with E-state index in [1.807, 2.05) is 0 Å². The number of hydrogen-bond acceptors (Lipinski definition) is 3. The molecule has 0 bridgehead atoms. The molecule has 7 heteroatoms. The molecule has 1 amide bonds. The van der Waals surface area contributed by atoms with Gasteiger partial charge in [0, 0.05) is 18.2 Å². The largest absolute Gasteiger partial charge is 0.352 e. The van der Waals surface area contributed by atoms with Crippen molar-refractivity contribution in [2.24, 2.45) is 0 Å². The van der Waals surface area contributed by atoms with Crippen LogP contribution in [0.5, 0.6) is 0 Å². The normalized spacial score (nSPS) is 16.5. The number of halogens is 1. The highest BCUT2D eigenvalue weighted by atomic mass is 32.2. The van der Waals surface area contributed by atoms with Crippen molar-refractivity contribution in [3.63, 3.8) is 0 Å². The van der Waals surface area contributed by atoms with Gasteiger partial charge in [-0.3, -0.25) is 4.79 Å². The Morgan fingerprint density at radius 3 is 2.52 bits per heavy atom. The third-order valence-electron chi connectivity index (χ3n) is 4.06. The quantitative estimate of drug-likeness (QED) is 0.860. The molecule has 23 heavy (non-hydrogen) atoms. The molecule has 1 fully saturated rings. The maximum Gasteiger partial charge on any atom is 0.235 e. The zero-order valence-electron chi connectivity index (χ0n) is 13.3. The smallest absolute Gasteiger partial charge is 0.235 e. The molecule has 1 aromatic carbocycles. The SMILES string of the molecule is CS(=O)(=O)N(CC(=O)NC1CCCCC1)Cc1ccccc1F. The maximum absolute atomic E-state index is 13.7. The number of nitrogens with one attached hydrogen (secondary N) is 1. The van der Waals surface area contributed by atoms with Crippen molar-refractivity contribution in [1.29, 1.82) is 0 Å². The van der Waals surface area contributed by atoms with Crippen LogP contribution >= 0.6 is 0 Å². The highest BCUT2D eigenvalue weighted by Gasteiger charge is 2.23. The molecule has 1 aliphatic carbocycles. The van der Waals surface area contributed by atoms with Gasteiger partial charge < -0.3 is 5.32 Å². The fraction of sp³-hybridized carbons (Fsp3) is 0.562. The molecule has 5 nitrogen and oxygen atoms in total. The molecule has 1 aliphatic rings. The van der Waals surface area contributed by atoms with Crippen molar-refractivity contribution in [1.82, 2.24) is 9.62 Å². The van der Waals surface area contributed by atoms with Crippen molar-refractivity contribution < 1.29 is 17.6 Å². The fourth-order valence-electron chi connectivity index (χ4n) is 2.79. The molecule has 0 unspecified atom stereocenters. The van der Waals surface area contributed by atoms with Crippen LogP contribution in [-0.4, -0.2) is 37.5 Å². The molecule has 128 valence electrons. The van der Waals surface area contributed by atoms with Crippen LogP contribution in [0.25, 0.3) is 0 Å². The molecule has 1 aromatic rings. The molecule has 1 saturated carbocycles. The zero-order valence-corrected chi connectivity index (χ0v) is 14.1. The Kier molecular flexibility index (Phi) is 6.12. The third kappa shape index (κ3) is 5.58. The van der Waals surface area contributed by atoms with Gasteiger partial charge in [-0.15, -0.1) is 0 Å². The Morgan fingerprint density at radius 1 is 1.26 bits per heavy atom. The Bertz CT molecular complexity index is 642. The summed E-state index contributed by atoms with van der Waals surface area (Å²) in [6, 6.07) is 6.09. The molecular formula is C16H23FN2O3S. The minimum atomic E-state index is -3.61. The van der Waals surface area contributed by atoms with Crippen molar-refractivity contribution in [3.8, 4) is 0 Å². The average Bonchev–Trinajstić information content (AvgIpc) is 2.48. The van der Waals surface area contributed by atoms with Crippen molar-refractivity contribution in [3.05, 3.63) is 35.6 Å². The second-order valence-corrected chi connectivity index (χ2v) is 8.01. The number of carbonyl (C=O) groups is 1. The number of nitrogens with zero attached hydrogens (tertiary/aromatic N) is 1. The maximum atomic E-state index is 13.7. The molecule has 0 radical (unpaired) electrons. The van der Waals surface area contributed by atoms with Gasteiger partial charge in [0.2, 0.25) is 15.9 Å². The van der Waals surface area contributed by atoms with Gasteiger partial charge in [0.15, 0.2) is 0 Å². The lowest BCUT2D eigenvalue weighted by molar-refractivity contribution is -0.122. The lowest BCUT2D eigenvalue weighted by Gasteiger charge is -2.25. The van der Waals surface area contributed by atoms with E-state index in [9.17, 15) is 17.6 Å². The van der Waals surface area contributed by atoms with Gasteiger partial charge in [-0.2, -0.15) is 4.31 Å². The third-order valence-corrected chi connectivity index (χ3v) is 5.26. The monoisotopic (exact) mass is 342 g/mol. The molecular weight excluding hydrogens is 319 g/mol. The van der Waals surface area contributed by atoms with Gasteiger partial charge in [0.1, 0.15) is 5.82 Å². The van der Waals surface area contributed by atoms with E-state index < -0.39 is 15.8 Å². The number of hydrogen-bond donors (Lipinski definition) is 1. The first-order valence-electron chi connectivity index (χ1n) is 7.84. The molecule has 0 aliphatic heterocycles. The summed E-state index contributed by atoms with van der Waals surface area (Å²) in [5.41, 5.74) is 0.253.